The third kappa shape index (κ3) is 4.64. The molecule has 3 aromatic rings. The Morgan fingerprint density at radius 1 is 0.933 bits per heavy atom. The van der Waals surface area contributed by atoms with Crippen LogP contribution in [0, 0.1) is 17.8 Å². The lowest BCUT2D eigenvalue weighted by Crippen LogP contribution is -2.39. The van der Waals surface area contributed by atoms with E-state index in [0.717, 1.165) is 16.9 Å². The van der Waals surface area contributed by atoms with Crippen molar-refractivity contribution in [1.29, 1.82) is 0 Å². The third-order valence-electron chi connectivity index (χ3n) is 9.35. The number of carbonyl (C=O) groups excluding carboxylic acids is 4. The molecule has 0 spiro atoms. The van der Waals surface area contributed by atoms with E-state index in [1.807, 2.05) is 48.5 Å². The number of amides is 2. The monoisotopic (exact) mass is 664 g/mol. The number of hydrogen-bond donors (Lipinski definition) is 2. The van der Waals surface area contributed by atoms with Gasteiger partial charge < -0.3 is 15.2 Å². The third-order valence-corrected chi connectivity index (χ3v) is 9.81. The molecule has 4 atom stereocenters. The van der Waals surface area contributed by atoms with E-state index in [-0.39, 0.29) is 41.3 Å². The summed E-state index contributed by atoms with van der Waals surface area (Å²) in [6.45, 7) is 1.61. The zero-order valence-corrected chi connectivity index (χ0v) is 26.1. The number of allylic oxidation sites excluding steroid dienone is 6. The Morgan fingerprint density at radius 2 is 1.64 bits per heavy atom. The first-order valence-electron chi connectivity index (χ1n) is 14.7. The number of phenols is 1. The number of rotatable bonds is 5. The van der Waals surface area contributed by atoms with Crippen LogP contribution in [0.5, 0.6) is 11.5 Å². The van der Waals surface area contributed by atoms with Crippen molar-refractivity contribution >= 4 is 56.4 Å². The normalized spacial score (nSPS) is 24.1. The summed E-state index contributed by atoms with van der Waals surface area (Å²) >= 11 is 3.49. The zero-order chi connectivity index (χ0) is 31.6. The number of Topliss-reactive ketones (excluding diaryl/α,β-unsaturated/α-hetero) is 1. The van der Waals surface area contributed by atoms with E-state index < -0.39 is 23.7 Å². The van der Waals surface area contributed by atoms with Crippen molar-refractivity contribution in [2.24, 2.45) is 17.8 Å². The second-order valence-electron chi connectivity index (χ2n) is 11.8. The first-order valence-corrected chi connectivity index (χ1v) is 15.5. The summed E-state index contributed by atoms with van der Waals surface area (Å²) in [5.41, 5.74) is 4.32. The standard InChI is InChI=1S/C36H29BrN2O6/c1-18-14-28(40)32-27(33(18)41)17-25-23(30(32)26-15-19(37)16-29(45-2)34(26)42)12-13-24-31(25)36(44)39(35(24)43)22-10-8-21(9-11-22)38-20-6-4-3-5-7-20/h3-12,14-16,24-25,30-31,38,42H,13,17H2,1-2H3/t24-,25+,30+,31-/m0/s1. The summed E-state index contributed by atoms with van der Waals surface area (Å²) < 4.78 is 6.03. The number of nitrogens with one attached hydrogen (secondary N) is 1. The van der Waals surface area contributed by atoms with Gasteiger partial charge in [-0.1, -0.05) is 45.8 Å². The molecule has 0 bridgehead atoms. The van der Waals surface area contributed by atoms with Crippen molar-refractivity contribution < 1.29 is 29.0 Å². The van der Waals surface area contributed by atoms with E-state index in [0.29, 0.717) is 38.9 Å². The van der Waals surface area contributed by atoms with Gasteiger partial charge in [-0.25, -0.2) is 0 Å². The minimum atomic E-state index is -0.785. The number of benzene rings is 3. The highest BCUT2D eigenvalue weighted by Crippen LogP contribution is 2.57. The number of phenolic OH excluding ortho intramolecular Hbond substituents is 1. The van der Waals surface area contributed by atoms with Crippen molar-refractivity contribution in [3.05, 3.63) is 111 Å². The highest BCUT2D eigenvalue weighted by Gasteiger charge is 2.57. The van der Waals surface area contributed by atoms with Crippen LogP contribution in [-0.4, -0.2) is 35.6 Å². The molecule has 2 amide bonds. The van der Waals surface area contributed by atoms with E-state index in [4.69, 9.17) is 4.74 Å². The fraction of sp³-hybridized carbons (Fsp3) is 0.222. The molecule has 0 aromatic heterocycles. The van der Waals surface area contributed by atoms with Crippen LogP contribution in [0.15, 0.2) is 106 Å². The molecule has 0 radical (unpaired) electrons. The first-order chi connectivity index (χ1) is 21.7. The van der Waals surface area contributed by atoms with Gasteiger partial charge in [-0.15, -0.1) is 0 Å². The number of anilines is 3. The molecule has 1 aliphatic heterocycles. The van der Waals surface area contributed by atoms with Gasteiger partial charge in [-0.05, 0) is 80.3 Å². The van der Waals surface area contributed by atoms with Gasteiger partial charge in [0.1, 0.15) is 0 Å². The Balaban J connectivity index is 1.28. The number of fused-ring (bicyclic) bond motifs is 3. The summed E-state index contributed by atoms with van der Waals surface area (Å²) in [6.07, 6.45) is 3.73. The summed E-state index contributed by atoms with van der Waals surface area (Å²) in [5, 5.41) is 14.6. The van der Waals surface area contributed by atoms with Crippen molar-refractivity contribution in [3.63, 3.8) is 0 Å². The summed E-state index contributed by atoms with van der Waals surface area (Å²) in [5.74, 6) is -3.73. The van der Waals surface area contributed by atoms with Crippen LogP contribution in [0.25, 0.3) is 0 Å². The number of carbonyl (C=O) groups is 4. The van der Waals surface area contributed by atoms with Crippen LogP contribution in [0.3, 0.4) is 0 Å². The molecule has 9 heteroatoms. The van der Waals surface area contributed by atoms with Crippen LogP contribution < -0.4 is 15.0 Å². The number of halogens is 1. The molecular weight excluding hydrogens is 636 g/mol. The van der Waals surface area contributed by atoms with Gasteiger partial charge in [-0.3, -0.25) is 24.1 Å². The Morgan fingerprint density at radius 3 is 2.36 bits per heavy atom. The van der Waals surface area contributed by atoms with E-state index in [2.05, 4.69) is 21.2 Å². The number of ether oxygens (including phenoxy) is 1. The van der Waals surface area contributed by atoms with Gasteiger partial charge in [0.05, 0.1) is 24.6 Å². The molecule has 226 valence electrons. The summed E-state index contributed by atoms with van der Waals surface area (Å²) in [6, 6.07) is 20.2. The highest BCUT2D eigenvalue weighted by atomic mass is 79.9. The molecular formula is C36H29BrN2O6. The predicted molar refractivity (Wildman–Crippen MR) is 172 cm³/mol. The topological polar surface area (TPSA) is 113 Å². The fourth-order valence-corrected chi connectivity index (χ4v) is 7.80. The Labute approximate surface area is 268 Å². The van der Waals surface area contributed by atoms with Crippen LogP contribution in [-0.2, 0) is 19.2 Å². The van der Waals surface area contributed by atoms with Gasteiger partial charge in [-0.2, -0.15) is 0 Å². The number of imide groups is 1. The lowest BCUT2D eigenvalue weighted by atomic mass is 9.59. The molecule has 1 heterocycles. The number of ketones is 2. The Hall–Kier alpha value is -4.76. The van der Waals surface area contributed by atoms with Gasteiger partial charge in [0, 0.05) is 44.0 Å². The second-order valence-corrected chi connectivity index (χ2v) is 12.7. The minimum absolute atomic E-state index is 0.146. The van der Waals surface area contributed by atoms with Gasteiger partial charge in [0.15, 0.2) is 23.1 Å². The number of aromatic hydroxyl groups is 1. The van der Waals surface area contributed by atoms with Gasteiger partial charge >= 0.3 is 0 Å². The second kappa shape index (κ2) is 11.0. The number of para-hydroxylation sites is 1. The van der Waals surface area contributed by atoms with E-state index in [9.17, 15) is 24.3 Å². The van der Waals surface area contributed by atoms with Gasteiger partial charge in [0.25, 0.3) is 0 Å². The maximum absolute atomic E-state index is 14.2. The molecule has 0 saturated carbocycles. The lowest BCUT2D eigenvalue weighted by molar-refractivity contribution is -0.123. The Kier molecular flexibility index (Phi) is 7.08. The SMILES string of the molecule is COc1cc(Br)cc([C@H]2C3=CC[C@@H]4C(=O)N(c5ccc(Nc6ccccc6)cc5)C(=O)[C@@H]4[C@@H]3CC3=C2C(=O)C=C(C)C3=O)c1O. The average molecular weight is 666 g/mol. The van der Waals surface area contributed by atoms with Crippen molar-refractivity contribution in [1.82, 2.24) is 0 Å². The smallest absolute Gasteiger partial charge is 0.238 e. The molecule has 0 unspecified atom stereocenters. The molecule has 1 fully saturated rings. The molecule has 2 N–H and O–H groups in total. The Bertz CT molecular complexity index is 1890. The van der Waals surface area contributed by atoms with Gasteiger partial charge in [0.2, 0.25) is 11.8 Å². The first kappa shape index (κ1) is 29.0. The van der Waals surface area contributed by atoms with E-state index in [1.54, 1.807) is 31.2 Å². The lowest BCUT2D eigenvalue weighted by Gasteiger charge is -2.42. The zero-order valence-electron chi connectivity index (χ0n) is 24.5. The minimum Gasteiger partial charge on any atom is -0.504 e. The van der Waals surface area contributed by atoms with Crippen molar-refractivity contribution in [3.8, 4) is 11.5 Å². The van der Waals surface area contributed by atoms with Crippen molar-refractivity contribution in [2.45, 2.75) is 25.7 Å². The quantitative estimate of drug-likeness (QED) is 0.181. The molecule has 45 heavy (non-hydrogen) atoms. The van der Waals surface area contributed by atoms with Crippen LogP contribution >= 0.6 is 15.9 Å². The van der Waals surface area contributed by atoms with Crippen molar-refractivity contribution in [2.75, 3.05) is 17.3 Å². The largest absolute Gasteiger partial charge is 0.504 e. The highest BCUT2D eigenvalue weighted by molar-refractivity contribution is 9.10. The predicted octanol–water partition coefficient (Wildman–Crippen LogP) is 6.54. The van der Waals surface area contributed by atoms with E-state index in [1.165, 1.54) is 18.1 Å². The molecule has 3 aliphatic carbocycles. The maximum atomic E-state index is 14.2. The fourth-order valence-electron chi connectivity index (χ4n) is 7.34. The summed E-state index contributed by atoms with van der Waals surface area (Å²) in [7, 11) is 1.44. The molecule has 1 saturated heterocycles. The number of methoxy groups -OCH3 is 1. The average Bonchev–Trinajstić information content (AvgIpc) is 3.30. The van der Waals surface area contributed by atoms with Crippen LogP contribution in [0.2, 0.25) is 0 Å². The molecule has 3 aromatic carbocycles. The molecule has 8 nitrogen and oxygen atoms in total. The van der Waals surface area contributed by atoms with Crippen LogP contribution in [0.1, 0.15) is 31.2 Å². The number of nitrogens with zero attached hydrogens (tertiary/aromatic N) is 1. The summed E-state index contributed by atoms with van der Waals surface area (Å²) in [4.78, 5) is 56.4. The number of hydrogen-bond acceptors (Lipinski definition) is 7. The van der Waals surface area contributed by atoms with E-state index >= 15 is 0 Å². The van der Waals surface area contributed by atoms with Crippen LogP contribution in [0.4, 0.5) is 17.1 Å². The molecule has 4 aliphatic rings. The maximum Gasteiger partial charge on any atom is 0.238 e. The molecule has 7 rings (SSSR count).